The summed E-state index contributed by atoms with van der Waals surface area (Å²) in [6.45, 7) is 2.66. The van der Waals surface area contributed by atoms with Gasteiger partial charge >= 0.3 is 5.97 Å². The molecule has 8 heteroatoms. The van der Waals surface area contributed by atoms with Gasteiger partial charge in [0.05, 0.1) is 17.7 Å². The third kappa shape index (κ3) is 3.72. The molecule has 1 aliphatic rings. The van der Waals surface area contributed by atoms with Gasteiger partial charge in [-0.3, -0.25) is 14.9 Å². The summed E-state index contributed by atoms with van der Waals surface area (Å²) in [6, 6.07) is 4.54. The van der Waals surface area contributed by atoms with Gasteiger partial charge < -0.3 is 9.64 Å². The molecule has 0 aromatic heterocycles. The first kappa shape index (κ1) is 15.3. The van der Waals surface area contributed by atoms with Crippen LogP contribution in [-0.2, 0) is 9.53 Å². The van der Waals surface area contributed by atoms with Crippen LogP contribution in [0.4, 0.5) is 11.4 Å². The van der Waals surface area contributed by atoms with Crippen molar-refractivity contribution in [3.05, 3.63) is 33.9 Å². The zero-order chi connectivity index (χ0) is 15.4. The smallest absolute Gasteiger partial charge is 0.325 e. The lowest BCUT2D eigenvalue weighted by molar-refractivity contribution is -0.384. The summed E-state index contributed by atoms with van der Waals surface area (Å²) < 4.78 is 4.66. The van der Waals surface area contributed by atoms with Crippen molar-refractivity contribution in [3.8, 4) is 0 Å². The number of nitro groups is 1. The molecule has 1 saturated heterocycles. The highest BCUT2D eigenvalue weighted by Gasteiger charge is 2.22. The first-order chi connectivity index (χ1) is 10.0. The Labute approximate surface area is 126 Å². The van der Waals surface area contributed by atoms with E-state index in [1.54, 1.807) is 24.8 Å². The maximum absolute atomic E-state index is 11.3. The molecule has 0 saturated carbocycles. The highest BCUT2D eigenvalue weighted by molar-refractivity contribution is 8.14. The SMILES string of the molecule is COC(=O)CN1CCSC1=Nc1ccc([N+](=O)[O-])cc1C. The fourth-order valence-corrected chi connectivity index (χ4v) is 2.88. The van der Waals surface area contributed by atoms with Gasteiger partial charge in [-0.1, -0.05) is 11.8 Å². The summed E-state index contributed by atoms with van der Waals surface area (Å²) in [6.07, 6.45) is 0. The van der Waals surface area contributed by atoms with E-state index in [2.05, 4.69) is 9.73 Å². The first-order valence-electron chi connectivity index (χ1n) is 6.29. The molecule has 7 nitrogen and oxygen atoms in total. The highest BCUT2D eigenvalue weighted by Crippen LogP contribution is 2.27. The molecule has 0 N–H and O–H groups in total. The van der Waals surface area contributed by atoms with E-state index in [0.29, 0.717) is 5.69 Å². The van der Waals surface area contributed by atoms with Crippen LogP contribution in [0.15, 0.2) is 23.2 Å². The lowest BCUT2D eigenvalue weighted by atomic mass is 10.2. The molecule has 1 aromatic rings. The van der Waals surface area contributed by atoms with E-state index in [1.165, 1.54) is 19.2 Å². The van der Waals surface area contributed by atoms with Crippen molar-refractivity contribution in [3.63, 3.8) is 0 Å². The number of rotatable bonds is 4. The summed E-state index contributed by atoms with van der Waals surface area (Å²) in [5.74, 6) is 0.535. The van der Waals surface area contributed by atoms with E-state index in [-0.39, 0.29) is 18.2 Å². The minimum atomic E-state index is -0.433. The Kier molecular flexibility index (Phi) is 4.79. The Hall–Kier alpha value is -2.09. The van der Waals surface area contributed by atoms with Crippen LogP contribution < -0.4 is 0 Å². The number of non-ortho nitro benzene ring substituents is 1. The Morgan fingerprint density at radius 3 is 2.95 bits per heavy atom. The summed E-state index contributed by atoms with van der Waals surface area (Å²) in [5, 5.41) is 11.5. The van der Waals surface area contributed by atoms with E-state index in [4.69, 9.17) is 0 Å². The molecule has 21 heavy (non-hydrogen) atoms. The van der Waals surface area contributed by atoms with Crippen molar-refractivity contribution < 1.29 is 14.5 Å². The van der Waals surface area contributed by atoms with Crippen molar-refractivity contribution in [1.29, 1.82) is 0 Å². The zero-order valence-corrected chi connectivity index (χ0v) is 12.6. The summed E-state index contributed by atoms with van der Waals surface area (Å²) in [5.41, 5.74) is 1.43. The number of aryl methyl sites for hydroxylation is 1. The van der Waals surface area contributed by atoms with Gasteiger partial charge in [-0.25, -0.2) is 4.99 Å². The van der Waals surface area contributed by atoms with Crippen molar-refractivity contribution >= 4 is 34.3 Å². The Morgan fingerprint density at radius 2 is 2.33 bits per heavy atom. The number of carbonyl (C=O) groups excluding carboxylic acids is 1. The fraction of sp³-hybridized carbons (Fsp3) is 0.385. The molecule has 0 spiro atoms. The molecule has 0 radical (unpaired) electrons. The minimum absolute atomic E-state index is 0.0435. The number of thioether (sulfide) groups is 1. The van der Waals surface area contributed by atoms with Crippen LogP contribution in [0, 0.1) is 17.0 Å². The molecule has 112 valence electrons. The van der Waals surface area contributed by atoms with Crippen LogP contribution in [0.25, 0.3) is 0 Å². The maximum Gasteiger partial charge on any atom is 0.325 e. The van der Waals surface area contributed by atoms with Gasteiger partial charge in [0.2, 0.25) is 0 Å². The van der Waals surface area contributed by atoms with Crippen molar-refractivity contribution in [1.82, 2.24) is 4.90 Å². The number of hydrogen-bond donors (Lipinski definition) is 0. The topological polar surface area (TPSA) is 85.0 Å². The van der Waals surface area contributed by atoms with E-state index in [9.17, 15) is 14.9 Å². The minimum Gasteiger partial charge on any atom is -0.468 e. The van der Waals surface area contributed by atoms with Gasteiger partial charge in [-0.2, -0.15) is 0 Å². The molecule has 1 heterocycles. The van der Waals surface area contributed by atoms with Crippen LogP contribution in [0.2, 0.25) is 0 Å². The standard InChI is InChI=1S/C13H15N3O4S/c1-9-7-10(16(18)19)3-4-11(9)14-13-15(5-6-21-13)8-12(17)20-2/h3-4,7H,5-6,8H2,1-2H3. The number of ether oxygens (including phenoxy) is 1. The quantitative estimate of drug-likeness (QED) is 0.481. The number of benzene rings is 1. The second-order valence-corrected chi connectivity index (χ2v) is 5.53. The Bertz CT molecular complexity index is 603. The normalized spacial score (nSPS) is 16.3. The number of nitro benzene ring substituents is 1. The van der Waals surface area contributed by atoms with Gasteiger partial charge in [0.1, 0.15) is 6.54 Å². The molecular weight excluding hydrogens is 294 g/mol. The van der Waals surface area contributed by atoms with E-state index >= 15 is 0 Å². The lowest BCUT2D eigenvalue weighted by Crippen LogP contribution is -2.31. The number of carbonyl (C=O) groups is 1. The summed E-state index contributed by atoms with van der Waals surface area (Å²) >= 11 is 1.55. The largest absolute Gasteiger partial charge is 0.468 e. The molecule has 1 fully saturated rings. The van der Waals surface area contributed by atoms with E-state index < -0.39 is 4.92 Å². The number of esters is 1. The van der Waals surface area contributed by atoms with Crippen molar-refractivity contribution in [2.45, 2.75) is 6.92 Å². The van der Waals surface area contributed by atoms with E-state index in [0.717, 1.165) is 23.0 Å². The lowest BCUT2D eigenvalue weighted by Gasteiger charge is -2.16. The zero-order valence-electron chi connectivity index (χ0n) is 11.7. The predicted molar refractivity (Wildman–Crippen MR) is 81.0 cm³/mol. The van der Waals surface area contributed by atoms with Crippen LogP contribution in [0.5, 0.6) is 0 Å². The average Bonchev–Trinajstić information content (AvgIpc) is 2.87. The molecule has 0 bridgehead atoms. The van der Waals surface area contributed by atoms with Crippen LogP contribution >= 0.6 is 11.8 Å². The third-order valence-electron chi connectivity index (χ3n) is 3.02. The maximum atomic E-state index is 11.3. The number of aliphatic imine (C=N–C) groups is 1. The number of hydrogen-bond acceptors (Lipinski definition) is 6. The van der Waals surface area contributed by atoms with Crippen LogP contribution in [0.1, 0.15) is 5.56 Å². The first-order valence-corrected chi connectivity index (χ1v) is 7.28. The van der Waals surface area contributed by atoms with Crippen LogP contribution in [-0.4, -0.2) is 46.9 Å². The molecule has 1 aromatic carbocycles. The molecule has 0 atom stereocenters. The monoisotopic (exact) mass is 309 g/mol. The van der Waals surface area contributed by atoms with Crippen molar-refractivity contribution in [2.24, 2.45) is 4.99 Å². The molecular formula is C13H15N3O4S. The van der Waals surface area contributed by atoms with Gasteiger partial charge in [-0.05, 0) is 18.6 Å². The number of methoxy groups -OCH3 is 1. The Morgan fingerprint density at radius 1 is 1.57 bits per heavy atom. The molecule has 0 unspecified atom stereocenters. The second kappa shape index (κ2) is 6.57. The Balaban J connectivity index is 2.22. The third-order valence-corrected chi connectivity index (χ3v) is 4.01. The van der Waals surface area contributed by atoms with Crippen LogP contribution in [0.3, 0.4) is 0 Å². The summed E-state index contributed by atoms with van der Waals surface area (Å²) in [7, 11) is 1.35. The highest BCUT2D eigenvalue weighted by atomic mass is 32.2. The number of amidine groups is 1. The summed E-state index contributed by atoms with van der Waals surface area (Å²) in [4.78, 5) is 28.0. The van der Waals surface area contributed by atoms with Gasteiger partial charge in [0, 0.05) is 24.4 Å². The molecule has 0 aliphatic carbocycles. The predicted octanol–water partition coefficient (Wildman–Crippen LogP) is 2.11. The van der Waals surface area contributed by atoms with Gasteiger partial charge in [-0.15, -0.1) is 0 Å². The second-order valence-electron chi connectivity index (χ2n) is 4.47. The molecule has 0 amide bonds. The van der Waals surface area contributed by atoms with Gasteiger partial charge in [0.25, 0.3) is 5.69 Å². The average molecular weight is 309 g/mol. The van der Waals surface area contributed by atoms with Crippen molar-refractivity contribution in [2.75, 3.05) is 26.0 Å². The number of nitrogens with zero attached hydrogens (tertiary/aromatic N) is 3. The van der Waals surface area contributed by atoms with Gasteiger partial charge in [0.15, 0.2) is 5.17 Å². The van der Waals surface area contributed by atoms with E-state index in [1.807, 2.05) is 4.90 Å². The molecule has 2 rings (SSSR count). The fourth-order valence-electron chi connectivity index (χ4n) is 1.89. The molecule has 1 aliphatic heterocycles.